The van der Waals surface area contributed by atoms with Crippen LogP contribution in [-0.2, 0) is 14.3 Å². The van der Waals surface area contributed by atoms with Crippen LogP contribution in [0.1, 0.15) is 23.8 Å². The largest absolute Gasteiger partial charge is 0.497 e. The predicted octanol–water partition coefficient (Wildman–Crippen LogP) is 2.33. The molecule has 2 amide bonds. The average Bonchev–Trinajstić information content (AvgIpc) is 3.34. The molecule has 1 aliphatic rings. The first kappa shape index (κ1) is 20.6. The van der Waals surface area contributed by atoms with Gasteiger partial charge in [-0.05, 0) is 19.1 Å². The van der Waals surface area contributed by atoms with Crippen molar-refractivity contribution in [3.8, 4) is 11.5 Å². The summed E-state index contributed by atoms with van der Waals surface area (Å²) in [5.74, 6) is -0.522. The number of ether oxygens (including phenoxy) is 3. The molecule has 0 unspecified atom stereocenters. The Kier molecular flexibility index (Phi) is 6.32. The van der Waals surface area contributed by atoms with Gasteiger partial charge >= 0.3 is 5.97 Å². The zero-order chi connectivity index (χ0) is 21.0. The van der Waals surface area contributed by atoms with Gasteiger partial charge in [-0.1, -0.05) is 0 Å². The highest BCUT2D eigenvalue weighted by molar-refractivity contribution is 7.14. The lowest BCUT2D eigenvalue weighted by molar-refractivity contribution is -0.122. The number of carbonyl (C=O) groups is 3. The Balaban J connectivity index is 1.69. The summed E-state index contributed by atoms with van der Waals surface area (Å²) in [6.45, 7) is 2.16. The van der Waals surface area contributed by atoms with Crippen molar-refractivity contribution < 1.29 is 28.6 Å². The van der Waals surface area contributed by atoms with Crippen LogP contribution in [0.4, 0.5) is 10.8 Å². The molecule has 0 aliphatic carbocycles. The molecule has 3 rings (SSSR count). The van der Waals surface area contributed by atoms with Gasteiger partial charge in [-0.3, -0.25) is 9.59 Å². The molecule has 29 heavy (non-hydrogen) atoms. The molecule has 10 heteroatoms. The third kappa shape index (κ3) is 4.48. The van der Waals surface area contributed by atoms with Gasteiger partial charge in [0.25, 0.3) is 0 Å². The Labute approximate surface area is 171 Å². The van der Waals surface area contributed by atoms with Crippen LogP contribution in [0.25, 0.3) is 0 Å². The molecule has 1 atom stereocenters. The molecule has 1 fully saturated rings. The lowest BCUT2D eigenvalue weighted by Crippen LogP contribution is -2.28. The lowest BCUT2D eigenvalue weighted by Gasteiger charge is -2.20. The van der Waals surface area contributed by atoms with E-state index in [0.29, 0.717) is 17.2 Å². The van der Waals surface area contributed by atoms with E-state index in [1.165, 1.54) is 17.4 Å². The molecule has 154 valence electrons. The molecular formula is C19H21N3O6S. The molecule has 1 aliphatic heterocycles. The molecule has 0 spiro atoms. The summed E-state index contributed by atoms with van der Waals surface area (Å²) in [5.41, 5.74) is 0.715. The fraction of sp³-hybridized carbons (Fsp3) is 0.368. The van der Waals surface area contributed by atoms with Gasteiger partial charge in [-0.25, -0.2) is 9.78 Å². The van der Waals surface area contributed by atoms with E-state index in [1.807, 2.05) is 0 Å². The second kappa shape index (κ2) is 8.91. The Bertz CT molecular complexity index is 928. The van der Waals surface area contributed by atoms with E-state index in [9.17, 15) is 14.4 Å². The van der Waals surface area contributed by atoms with Crippen LogP contribution >= 0.6 is 11.3 Å². The number of nitrogens with zero attached hydrogens (tertiary/aromatic N) is 2. The highest BCUT2D eigenvalue weighted by atomic mass is 32.1. The van der Waals surface area contributed by atoms with Crippen molar-refractivity contribution in [2.45, 2.75) is 13.3 Å². The van der Waals surface area contributed by atoms with E-state index in [0.717, 1.165) is 11.3 Å². The molecule has 9 nitrogen and oxygen atoms in total. The van der Waals surface area contributed by atoms with Gasteiger partial charge in [0, 0.05) is 24.4 Å². The summed E-state index contributed by atoms with van der Waals surface area (Å²) >= 11 is 1.12. The van der Waals surface area contributed by atoms with E-state index in [2.05, 4.69) is 10.3 Å². The molecule has 1 saturated heterocycles. The van der Waals surface area contributed by atoms with Crippen LogP contribution < -0.4 is 19.7 Å². The number of rotatable bonds is 7. The van der Waals surface area contributed by atoms with E-state index >= 15 is 0 Å². The van der Waals surface area contributed by atoms with Gasteiger partial charge in [-0.15, -0.1) is 11.3 Å². The molecule has 0 radical (unpaired) electrons. The Morgan fingerprint density at radius 2 is 2.10 bits per heavy atom. The number of hydrogen-bond donors (Lipinski definition) is 1. The van der Waals surface area contributed by atoms with Crippen molar-refractivity contribution in [3.63, 3.8) is 0 Å². The minimum atomic E-state index is -0.552. The Morgan fingerprint density at radius 3 is 2.79 bits per heavy atom. The highest BCUT2D eigenvalue weighted by Gasteiger charge is 2.36. The number of hydrogen-bond acceptors (Lipinski definition) is 8. The first-order valence-corrected chi connectivity index (χ1v) is 9.80. The highest BCUT2D eigenvalue weighted by Crippen LogP contribution is 2.36. The fourth-order valence-corrected chi connectivity index (χ4v) is 3.64. The number of benzene rings is 1. The second-order valence-corrected chi connectivity index (χ2v) is 7.05. The zero-order valence-electron chi connectivity index (χ0n) is 16.3. The first-order valence-electron chi connectivity index (χ1n) is 8.92. The molecule has 1 aromatic carbocycles. The number of thiazole rings is 1. The van der Waals surface area contributed by atoms with Crippen LogP contribution in [0.15, 0.2) is 23.6 Å². The second-order valence-electron chi connectivity index (χ2n) is 6.19. The quantitative estimate of drug-likeness (QED) is 0.687. The van der Waals surface area contributed by atoms with E-state index in [1.54, 1.807) is 32.2 Å². The van der Waals surface area contributed by atoms with Crippen molar-refractivity contribution in [2.75, 3.05) is 37.6 Å². The molecule has 1 N–H and O–H groups in total. The number of anilines is 2. The minimum Gasteiger partial charge on any atom is -0.497 e. The maximum Gasteiger partial charge on any atom is 0.357 e. The molecule has 1 aromatic heterocycles. The van der Waals surface area contributed by atoms with Gasteiger partial charge in [0.1, 0.15) is 11.5 Å². The summed E-state index contributed by atoms with van der Waals surface area (Å²) in [6.07, 6.45) is 0.0666. The van der Waals surface area contributed by atoms with Crippen LogP contribution in [0.5, 0.6) is 11.5 Å². The number of aromatic nitrogens is 1. The number of carbonyl (C=O) groups excluding carboxylic acids is 3. The number of methoxy groups -OCH3 is 2. The monoisotopic (exact) mass is 419 g/mol. The molecule has 0 saturated carbocycles. The van der Waals surface area contributed by atoms with Crippen LogP contribution in [-0.4, -0.2) is 50.1 Å². The van der Waals surface area contributed by atoms with Crippen molar-refractivity contribution in [1.82, 2.24) is 4.98 Å². The maximum atomic E-state index is 12.6. The zero-order valence-corrected chi connectivity index (χ0v) is 17.1. The summed E-state index contributed by atoms with van der Waals surface area (Å²) in [4.78, 5) is 42.4. The third-order valence-electron chi connectivity index (χ3n) is 4.39. The van der Waals surface area contributed by atoms with Crippen LogP contribution in [0, 0.1) is 5.92 Å². The van der Waals surface area contributed by atoms with Gasteiger partial charge < -0.3 is 24.4 Å². The van der Waals surface area contributed by atoms with Gasteiger partial charge in [0.2, 0.25) is 11.8 Å². The van der Waals surface area contributed by atoms with Gasteiger partial charge in [-0.2, -0.15) is 0 Å². The van der Waals surface area contributed by atoms with Crippen LogP contribution in [0.2, 0.25) is 0 Å². The third-order valence-corrected chi connectivity index (χ3v) is 5.15. The summed E-state index contributed by atoms with van der Waals surface area (Å²) in [6, 6.07) is 5.13. The summed E-state index contributed by atoms with van der Waals surface area (Å²) in [7, 11) is 3.05. The normalized spacial score (nSPS) is 15.9. The smallest absolute Gasteiger partial charge is 0.357 e. The summed E-state index contributed by atoms with van der Waals surface area (Å²) in [5, 5.41) is 4.47. The van der Waals surface area contributed by atoms with Crippen molar-refractivity contribution >= 4 is 39.9 Å². The van der Waals surface area contributed by atoms with E-state index < -0.39 is 11.9 Å². The average molecular weight is 419 g/mol. The SMILES string of the molecule is CCOC(=O)c1csc(NC(=O)[C@H]2CC(=O)N(c3ccc(OC)cc3OC)C2)n1. The van der Waals surface area contributed by atoms with Crippen LogP contribution in [0.3, 0.4) is 0 Å². The van der Waals surface area contributed by atoms with Crippen molar-refractivity contribution in [2.24, 2.45) is 5.92 Å². The van der Waals surface area contributed by atoms with Gasteiger partial charge in [0.15, 0.2) is 10.8 Å². The standard InChI is InChI=1S/C19H21N3O6S/c1-4-28-18(25)13-10-29-19(20-13)21-17(24)11-7-16(23)22(9-11)14-6-5-12(26-2)8-15(14)27-3/h5-6,8,10-11H,4,7,9H2,1-3H3,(H,20,21,24)/t11-/m0/s1. The van der Waals surface area contributed by atoms with Crippen molar-refractivity contribution in [3.05, 3.63) is 29.3 Å². The number of esters is 1. The fourth-order valence-electron chi connectivity index (χ4n) is 2.96. The Morgan fingerprint density at radius 1 is 1.31 bits per heavy atom. The first-order chi connectivity index (χ1) is 14.0. The van der Waals surface area contributed by atoms with E-state index in [-0.39, 0.29) is 42.2 Å². The predicted molar refractivity (Wildman–Crippen MR) is 107 cm³/mol. The van der Waals surface area contributed by atoms with Gasteiger partial charge in [0.05, 0.1) is 32.4 Å². The molecular weight excluding hydrogens is 398 g/mol. The van der Waals surface area contributed by atoms with E-state index in [4.69, 9.17) is 14.2 Å². The molecule has 2 heterocycles. The Hall–Kier alpha value is -3.14. The number of amides is 2. The topological polar surface area (TPSA) is 107 Å². The number of nitrogens with one attached hydrogen (secondary N) is 1. The lowest BCUT2D eigenvalue weighted by atomic mass is 10.1. The molecule has 2 aromatic rings. The molecule has 0 bridgehead atoms. The van der Waals surface area contributed by atoms with Crippen molar-refractivity contribution in [1.29, 1.82) is 0 Å². The maximum absolute atomic E-state index is 12.6. The summed E-state index contributed by atoms with van der Waals surface area (Å²) < 4.78 is 15.4. The minimum absolute atomic E-state index is 0.0666.